The molecule has 14 atom stereocenters. The summed E-state index contributed by atoms with van der Waals surface area (Å²) in [6, 6.07) is 0. The number of ketones is 2. The van der Waals surface area contributed by atoms with Gasteiger partial charge in [-0.25, -0.2) is 4.79 Å². The molecule has 12 heteroatoms. The van der Waals surface area contributed by atoms with Gasteiger partial charge in [-0.1, -0.05) is 67.0 Å². The molecule has 4 aliphatic heterocycles. The number of cyclic esters (lactones) is 1. The van der Waals surface area contributed by atoms with E-state index >= 15 is 0 Å². The first-order valence-electron chi connectivity index (χ1n) is 18.4. The number of halogens is 1. The van der Waals surface area contributed by atoms with Gasteiger partial charge < -0.3 is 34.3 Å². The molecule has 3 saturated heterocycles. The van der Waals surface area contributed by atoms with Crippen LogP contribution in [0.5, 0.6) is 0 Å². The van der Waals surface area contributed by atoms with Crippen molar-refractivity contribution < 1.29 is 78.2 Å². The van der Waals surface area contributed by atoms with Crippen molar-refractivity contribution in [1.29, 1.82) is 0 Å². The molecule has 0 aromatic carbocycles. The Hall–Kier alpha value is -0.820. The Bertz CT molecular complexity index is 1300. The Balaban J connectivity index is 0.00000676. The van der Waals surface area contributed by atoms with Crippen molar-refractivity contribution in [2.24, 2.45) is 35.5 Å². The first-order chi connectivity index (χ1) is 23.0. The molecule has 0 spiro atoms. The van der Waals surface area contributed by atoms with Crippen molar-refractivity contribution in [2.75, 3.05) is 0 Å². The second-order valence-electron chi connectivity index (χ2n) is 15.5. The van der Waals surface area contributed by atoms with E-state index in [9.17, 15) is 29.7 Å². The SMILES string of the molecule is CC[C@@H](C(=O)[C@H](C)[C@H](O)[C@@H](C)[C@H]1O[C@H](CC(=O)C2=C([O-])/C(=C/Cl)OC2=O)[C@H](C)C[C@H]1C)[C@H]1O[C@](CC)([C@H]2CC[C@](O)(CC)[C@H](C)O2)C[C@@H]1C.[Na+]. The number of aliphatic hydroxyl groups excluding tert-OH is 1. The van der Waals surface area contributed by atoms with Gasteiger partial charge in [-0.3, -0.25) is 9.59 Å². The van der Waals surface area contributed by atoms with Crippen LogP contribution in [0.15, 0.2) is 22.6 Å². The van der Waals surface area contributed by atoms with Crippen LogP contribution in [0.1, 0.15) is 114 Å². The standard InChI is InChI=1S/C38H59ClO10.Na/c1-10-25(35-21(6)17-38(12-3,49-35)29-13-14-37(45,11-2)24(9)46-29)32(42)22(7)31(41)23(8)34-20(5)15-19(4)27(47-34)16-26(40)30-33(43)28(18-39)48-36(30)44;/h18-25,27,29,31,34-35,41,43,45H,10-17H2,1-9H3;/q;+1/p-1/b28-18-;/t19-,20-,21+,22-,23-,24+,25+,27-,29-,31+,34+,35+,37-,38+;/m1./s1. The minimum Gasteiger partial charge on any atom is -0.869 e. The van der Waals surface area contributed by atoms with Crippen LogP contribution in [0.3, 0.4) is 0 Å². The van der Waals surface area contributed by atoms with E-state index in [2.05, 4.69) is 13.8 Å². The maximum atomic E-state index is 14.2. The normalized spacial score (nSPS) is 39.4. The summed E-state index contributed by atoms with van der Waals surface area (Å²) in [6.45, 7) is 17.7. The van der Waals surface area contributed by atoms with Crippen molar-refractivity contribution in [3.63, 3.8) is 0 Å². The van der Waals surface area contributed by atoms with E-state index in [1.165, 1.54) is 0 Å². The van der Waals surface area contributed by atoms with Crippen LogP contribution in [-0.4, -0.2) is 75.6 Å². The monoisotopic (exact) mass is 732 g/mol. The van der Waals surface area contributed by atoms with E-state index in [0.29, 0.717) is 32.1 Å². The third-order valence-electron chi connectivity index (χ3n) is 12.5. The van der Waals surface area contributed by atoms with E-state index < -0.39 is 70.4 Å². The first-order valence-corrected chi connectivity index (χ1v) is 18.8. The number of ether oxygens (including phenoxy) is 4. The molecule has 0 radical (unpaired) electrons. The van der Waals surface area contributed by atoms with Crippen molar-refractivity contribution in [3.8, 4) is 0 Å². The summed E-state index contributed by atoms with van der Waals surface area (Å²) in [5.41, 5.74) is -1.12. The Labute approximate surface area is 325 Å². The van der Waals surface area contributed by atoms with Crippen LogP contribution in [-0.2, 0) is 33.3 Å². The van der Waals surface area contributed by atoms with Gasteiger partial charge in [0.25, 0.3) is 0 Å². The Morgan fingerprint density at radius 2 is 1.70 bits per heavy atom. The Morgan fingerprint density at radius 1 is 1.04 bits per heavy atom. The Morgan fingerprint density at radius 3 is 2.24 bits per heavy atom. The van der Waals surface area contributed by atoms with Gasteiger partial charge in [-0.05, 0) is 75.4 Å². The first kappa shape index (κ1) is 43.6. The summed E-state index contributed by atoms with van der Waals surface area (Å²) in [5.74, 6) is -4.43. The molecule has 2 N–H and O–H groups in total. The predicted octanol–water partition coefficient (Wildman–Crippen LogP) is 2.14. The third kappa shape index (κ3) is 8.44. The summed E-state index contributed by atoms with van der Waals surface area (Å²) in [4.78, 5) is 39.5. The zero-order valence-electron chi connectivity index (χ0n) is 31.7. The van der Waals surface area contributed by atoms with E-state index in [1.807, 2.05) is 41.5 Å². The molecule has 0 bridgehead atoms. The number of esters is 1. The molecule has 0 amide bonds. The van der Waals surface area contributed by atoms with E-state index in [1.54, 1.807) is 6.92 Å². The predicted molar refractivity (Wildman–Crippen MR) is 182 cm³/mol. The molecule has 4 heterocycles. The van der Waals surface area contributed by atoms with Crippen LogP contribution in [0.4, 0.5) is 0 Å². The van der Waals surface area contributed by atoms with Gasteiger partial charge in [0.1, 0.15) is 11.5 Å². The zero-order chi connectivity index (χ0) is 36.6. The summed E-state index contributed by atoms with van der Waals surface area (Å²) < 4.78 is 24.6. The van der Waals surface area contributed by atoms with Crippen LogP contribution in [0.2, 0.25) is 0 Å². The molecule has 0 aliphatic carbocycles. The van der Waals surface area contributed by atoms with Gasteiger partial charge >= 0.3 is 35.5 Å². The number of carbonyl (C=O) groups is 3. The molecular weight excluding hydrogens is 675 g/mol. The molecule has 10 nitrogen and oxygen atoms in total. The van der Waals surface area contributed by atoms with Crippen molar-refractivity contribution >= 4 is 29.1 Å². The number of hydrogen-bond donors (Lipinski definition) is 2. The maximum Gasteiger partial charge on any atom is 1.00 e. The number of aliphatic hydroxyl groups is 2. The van der Waals surface area contributed by atoms with Crippen molar-refractivity contribution in [3.05, 3.63) is 22.6 Å². The molecule has 3 fully saturated rings. The summed E-state index contributed by atoms with van der Waals surface area (Å²) >= 11 is 5.57. The van der Waals surface area contributed by atoms with Gasteiger partial charge in [-0.2, -0.15) is 0 Å². The minimum atomic E-state index is -1.02. The number of rotatable bonds is 13. The summed E-state index contributed by atoms with van der Waals surface area (Å²) in [7, 11) is 0. The van der Waals surface area contributed by atoms with Gasteiger partial charge in [0.15, 0.2) is 5.78 Å². The molecule has 50 heavy (non-hydrogen) atoms. The number of carbonyl (C=O) groups excluding carboxylic acids is 3. The van der Waals surface area contributed by atoms with Crippen LogP contribution < -0.4 is 34.7 Å². The molecule has 0 aromatic heterocycles. The molecular formula is C38H58ClNaO10. The number of hydrogen-bond acceptors (Lipinski definition) is 10. The largest absolute Gasteiger partial charge is 1.00 e. The molecule has 0 unspecified atom stereocenters. The van der Waals surface area contributed by atoms with Gasteiger partial charge in [0, 0.05) is 29.7 Å². The fraction of sp³-hybridized carbons (Fsp3) is 0.816. The smallest absolute Gasteiger partial charge is 0.869 e. The summed E-state index contributed by atoms with van der Waals surface area (Å²) in [5, 5.41) is 35.1. The van der Waals surface area contributed by atoms with E-state index in [4.69, 9.17) is 30.5 Å². The molecule has 4 rings (SSSR count). The number of Topliss-reactive ketones (excluding diaryl/α,β-unsaturated/α-hetero) is 2. The minimum absolute atomic E-state index is 0. The van der Waals surface area contributed by atoms with Crippen LogP contribution in [0, 0.1) is 35.5 Å². The van der Waals surface area contributed by atoms with E-state index in [-0.39, 0.29) is 83.6 Å². The van der Waals surface area contributed by atoms with E-state index in [0.717, 1.165) is 18.4 Å². The third-order valence-corrected chi connectivity index (χ3v) is 12.7. The second kappa shape index (κ2) is 17.5. The molecule has 278 valence electrons. The molecule has 0 saturated carbocycles. The molecule has 0 aromatic rings. The fourth-order valence-corrected chi connectivity index (χ4v) is 9.25. The zero-order valence-corrected chi connectivity index (χ0v) is 34.5. The maximum absolute atomic E-state index is 14.2. The average molecular weight is 733 g/mol. The van der Waals surface area contributed by atoms with Gasteiger partial charge in [0.05, 0.1) is 53.4 Å². The van der Waals surface area contributed by atoms with Crippen LogP contribution >= 0.6 is 11.6 Å². The Kier molecular flexibility index (Phi) is 15.3. The van der Waals surface area contributed by atoms with Gasteiger partial charge in [-0.15, -0.1) is 0 Å². The van der Waals surface area contributed by atoms with Crippen LogP contribution in [0.25, 0.3) is 0 Å². The topological polar surface area (TPSA) is 152 Å². The van der Waals surface area contributed by atoms with Gasteiger partial charge in [0.2, 0.25) is 0 Å². The second-order valence-corrected chi connectivity index (χ2v) is 15.7. The molecule has 4 aliphatic rings. The fourth-order valence-electron chi connectivity index (χ4n) is 9.11. The summed E-state index contributed by atoms with van der Waals surface area (Å²) in [6.07, 6.45) is 1.62. The quantitative estimate of drug-likeness (QED) is 0.164. The average Bonchev–Trinajstić information content (AvgIpc) is 3.57. The van der Waals surface area contributed by atoms with Crippen molar-refractivity contribution in [2.45, 2.75) is 162 Å². The van der Waals surface area contributed by atoms with Crippen molar-refractivity contribution in [1.82, 2.24) is 0 Å².